The molecule has 0 spiro atoms. The Bertz CT molecular complexity index is 1770. The molecule has 2 aliphatic heterocycles. The number of carbonyl (C=O) groups excluding carboxylic acids is 2. The molecule has 0 bridgehead atoms. The third-order valence-corrected chi connectivity index (χ3v) is 7.90. The lowest BCUT2D eigenvalue weighted by molar-refractivity contribution is -0.148. The van der Waals surface area contributed by atoms with E-state index in [1.807, 2.05) is 0 Å². The smallest absolute Gasteiger partial charge is 0.444 e. The highest BCUT2D eigenvalue weighted by atomic mass is 79.9. The van der Waals surface area contributed by atoms with E-state index >= 15 is 0 Å². The van der Waals surface area contributed by atoms with Gasteiger partial charge in [0.05, 0.1) is 35.7 Å². The van der Waals surface area contributed by atoms with Crippen molar-refractivity contribution in [3.63, 3.8) is 0 Å². The Balaban J connectivity index is 0.000000244. The van der Waals surface area contributed by atoms with Crippen LogP contribution in [0.4, 0.5) is 49.1 Å². The molecular weight excluding hydrogens is 771 g/mol. The van der Waals surface area contributed by atoms with Crippen LogP contribution in [0.3, 0.4) is 0 Å². The van der Waals surface area contributed by atoms with Crippen LogP contribution in [0.5, 0.6) is 0 Å². The van der Waals surface area contributed by atoms with Crippen LogP contribution in [0.15, 0.2) is 28.9 Å². The quantitative estimate of drug-likeness (QED) is 0.229. The maximum atomic E-state index is 13.5. The van der Waals surface area contributed by atoms with E-state index in [0.717, 1.165) is 32.2 Å². The lowest BCUT2D eigenvalue weighted by Crippen LogP contribution is -2.42. The first-order chi connectivity index (χ1) is 23.2. The van der Waals surface area contributed by atoms with Gasteiger partial charge >= 0.3 is 30.7 Å². The standard InChI is InChI=1S/C19H19F6N3O2.C12H15BrF3N3O2/c1-17(2,3)30-16(29)27-8-9-28-13(10-27)14(26-15(28)19(23,24)25)11-6-4-5-7-12(11)18(20,21)22;1-11(2,3)21-10(20)18-4-5-19-7(6-18)8(13)17-9(19)12(14,15)16/h4-7H,8-10H2,1-3H3;4-6H2,1-3H3. The van der Waals surface area contributed by atoms with Crippen molar-refractivity contribution in [1.82, 2.24) is 28.9 Å². The van der Waals surface area contributed by atoms with Gasteiger partial charge in [0.1, 0.15) is 15.8 Å². The van der Waals surface area contributed by atoms with Crippen LogP contribution in [-0.2, 0) is 54.2 Å². The fraction of sp³-hybridized carbons (Fsp3) is 0.548. The Morgan fingerprint density at radius 2 is 1.08 bits per heavy atom. The highest BCUT2D eigenvalue weighted by molar-refractivity contribution is 9.10. The zero-order chi connectivity index (χ0) is 38.5. The summed E-state index contributed by atoms with van der Waals surface area (Å²) in [7, 11) is 0. The van der Waals surface area contributed by atoms with Gasteiger partial charge in [0, 0.05) is 31.7 Å². The van der Waals surface area contributed by atoms with E-state index in [-0.39, 0.29) is 49.6 Å². The molecule has 3 aromatic rings. The number of aromatic nitrogens is 4. The van der Waals surface area contributed by atoms with Crippen LogP contribution >= 0.6 is 15.9 Å². The van der Waals surface area contributed by atoms with Crippen molar-refractivity contribution in [1.29, 1.82) is 0 Å². The zero-order valence-corrected chi connectivity index (χ0v) is 29.7. The molecule has 0 radical (unpaired) electrons. The van der Waals surface area contributed by atoms with Crippen LogP contribution in [0, 0.1) is 0 Å². The van der Waals surface area contributed by atoms with E-state index in [1.165, 1.54) is 11.0 Å². The topological polar surface area (TPSA) is 94.7 Å². The van der Waals surface area contributed by atoms with E-state index < -0.39 is 70.4 Å². The molecule has 0 fully saturated rings. The maximum Gasteiger partial charge on any atom is 0.449 e. The van der Waals surface area contributed by atoms with Gasteiger partial charge in [-0.25, -0.2) is 19.6 Å². The Morgan fingerprint density at radius 1 is 0.647 bits per heavy atom. The fourth-order valence-corrected chi connectivity index (χ4v) is 5.75. The summed E-state index contributed by atoms with van der Waals surface area (Å²) in [5, 5.41) is 0. The molecule has 0 saturated heterocycles. The van der Waals surface area contributed by atoms with Crippen LogP contribution in [0.2, 0.25) is 0 Å². The predicted molar refractivity (Wildman–Crippen MR) is 166 cm³/mol. The molecule has 20 heteroatoms. The lowest BCUT2D eigenvalue weighted by atomic mass is 10.0. The molecule has 0 atom stereocenters. The molecule has 1 aromatic carbocycles. The number of alkyl halides is 9. The van der Waals surface area contributed by atoms with Crippen molar-refractivity contribution >= 4 is 28.1 Å². The highest BCUT2D eigenvalue weighted by Gasteiger charge is 2.43. The van der Waals surface area contributed by atoms with Gasteiger partial charge in [-0.15, -0.1) is 0 Å². The third kappa shape index (κ3) is 9.48. The highest BCUT2D eigenvalue weighted by Crippen LogP contribution is 2.41. The van der Waals surface area contributed by atoms with E-state index in [2.05, 4.69) is 25.9 Å². The van der Waals surface area contributed by atoms with Gasteiger partial charge in [-0.1, -0.05) is 18.2 Å². The van der Waals surface area contributed by atoms with E-state index in [4.69, 9.17) is 9.47 Å². The molecule has 4 heterocycles. The minimum absolute atomic E-state index is 0.0264. The van der Waals surface area contributed by atoms with Crippen molar-refractivity contribution in [3.05, 3.63) is 57.5 Å². The number of ether oxygens (including phenoxy) is 2. The molecule has 2 amide bonds. The molecule has 5 rings (SSSR count). The average molecular weight is 806 g/mol. The first-order valence-electron chi connectivity index (χ1n) is 15.3. The number of rotatable bonds is 1. The normalized spacial score (nSPS) is 15.5. The van der Waals surface area contributed by atoms with E-state index in [0.29, 0.717) is 5.69 Å². The summed E-state index contributed by atoms with van der Waals surface area (Å²) in [5.74, 6) is -2.25. The molecule has 2 aromatic heterocycles. The van der Waals surface area contributed by atoms with Crippen molar-refractivity contribution in [2.24, 2.45) is 0 Å². The number of benzene rings is 1. The van der Waals surface area contributed by atoms with Gasteiger partial charge in [-0.3, -0.25) is 0 Å². The second-order valence-corrected chi connectivity index (χ2v) is 14.3. The fourth-order valence-electron chi connectivity index (χ4n) is 5.25. The zero-order valence-electron chi connectivity index (χ0n) is 28.1. The van der Waals surface area contributed by atoms with Gasteiger partial charge < -0.3 is 28.4 Å². The van der Waals surface area contributed by atoms with Gasteiger partial charge in [0.15, 0.2) is 0 Å². The number of imidazole rings is 2. The third-order valence-electron chi connectivity index (χ3n) is 7.26. The molecular formula is C31H34BrF9N6O4. The molecule has 2 aliphatic rings. The molecule has 51 heavy (non-hydrogen) atoms. The Labute approximate surface area is 294 Å². The Hall–Kier alpha value is -3.97. The summed E-state index contributed by atoms with van der Waals surface area (Å²) in [4.78, 5) is 33.9. The molecule has 282 valence electrons. The SMILES string of the molecule is CC(C)(C)OC(=O)N1CCn2c(C(F)(F)F)nc(-c3ccccc3C(F)(F)F)c2C1.CC(C)(C)OC(=O)N1CCn2c(C(F)(F)F)nc(Br)c2C1. The van der Waals surface area contributed by atoms with Crippen LogP contribution < -0.4 is 0 Å². The van der Waals surface area contributed by atoms with Crippen molar-refractivity contribution in [2.75, 3.05) is 13.1 Å². The Morgan fingerprint density at radius 3 is 1.53 bits per heavy atom. The number of nitrogens with zero attached hydrogens (tertiary/aromatic N) is 6. The van der Waals surface area contributed by atoms with Gasteiger partial charge in [-0.05, 0) is 63.5 Å². The maximum absolute atomic E-state index is 13.5. The van der Waals surface area contributed by atoms with Gasteiger partial charge in [0.2, 0.25) is 11.6 Å². The van der Waals surface area contributed by atoms with Crippen molar-refractivity contribution in [2.45, 2.75) is 97.5 Å². The Kier molecular flexibility index (Phi) is 10.8. The monoisotopic (exact) mass is 804 g/mol. The average Bonchev–Trinajstić information content (AvgIpc) is 3.53. The van der Waals surface area contributed by atoms with Crippen molar-refractivity contribution in [3.8, 4) is 11.3 Å². The minimum atomic E-state index is -4.87. The summed E-state index contributed by atoms with van der Waals surface area (Å²) in [6.07, 6.45) is -15.5. The summed E-state index contributed by atoms with van der Waals surface area (Å²) < 4.78 is 132. The number of hydrogen-bond donors (Lipinski definition) is 0. The molecule has 10 nitrogen and oxygen atoms in total. The van der Waals surface area contributed by atoms with E-state index in [9.17, 15) is 49.1 Å². The minimum Gasteiger partial charge on any atom is -0.444 e. The van der Waals surface area contributed by atoms with E-state index in [1.54, 1.807) is 41.5 Å². The summed E-state index contributed by atoms with van der Waals surface area (Å²) in [5.41, 5.74) is -3.33. The predicted octanol–water partition coefficient (Wildman–Crippen LogP) is 8.75. The second kappa shape index (κ2) is 13.9. The molecule has 0 unspecified atom stereocenters. The molecule has 0 aliphatic carbocycles. The summed E-state index contributed by atoms with van der Waals surface area (Å²) in [6.45, 7) is 9.56. The molecule has 0 saturated carbocycles. The first-order valence-corrected chi connectivity index (χ1v) is 16.1. The van der Waals surface area contributed by atoms with Crippen LogP contribution in [0.1, 0.15) is 70.1 Å². The number of amides is 2. The largest absolute Gasteiger partial charge is 0.449 e. The van der Waals surface area contributed by atoms with Gasteiger partial charge in [0.25, 0.3) is 0 Å². The van der Waals surface area contributed by atoms with Crippen molar-refractivity contribution < 1.29 is 58.6 Å². The van der Waals surface area contributed by atoms with Crippen LogP contribution in [0.25, 0.3) is 11.3 Å². The second-order valence-electron chi connectivity index (χ2n) is 13.5. The number of halogens is 10. The number of fused-ring (bicyclic) bond motifs is 2. The summed E-state index contributed by atoms with van der Waals surface area (Å²) >= 11 is 3.02. The molecule has 0 N–H and O–H groups in total. The lowest BCUT2D eigenvalue weighted by Gasteiger charge is -2.31. The van der Waals surface area contributed by atoms with Gasteiger partial charge in [-0.2, -0.15) is 39.5 Å². The number of carbonyl (C=O) groups is 2. The first kappa shape index (κ1) is 39.8. The van der Waals surface area contributed by atoms with Crippen LogP contribution in [-0.4, -0.2) is 65.4 Å². The number of hydrogen-bond acceptors (Lipinski definition) is 6. The summed E-state index contributed by atoms with van der Waals surface area (Å²) in [6, 6.07) is 4.28.